The molecule has 0 aromatic heterocycles. The molecule has 1 nitrogen and oxygen atoms in total. The van der Waals surface area contributed by atoms with Gasteiger partial charge in [-0.25, -0.2) is 0 Å². The second-order valence-electron chi connectivity index (χ2n) is 6.16. The summed E-state index contributed by atoms with van der Waals surface area (Å²) in [5.41, 5.74) is 4.42. The van der Waals surface area contributed by atoms with Gasteiger partial charge in [0.05, 0.1) is 0 Å². The van der Waals surface area contributed by atoms with Crippen molar-refractivity contribution in [1.29, 1.82) is 0 Å². The van der Waals surface area contributed by atoms with Gasteiger partial charge in [0, 0.05) is 22.5 Å². The Hall–Kier alpha value is -1.12. The Labute approximate surface area is 129 Å². The second kappa shape index (κ2) is 5.34. The van der Waals surface area contributed by atoms with Crippen molar-refractivity contribution in [1.82, 2.24) is 5.32 Å². The van der Waals surface area contributed by atoms with Gasteiger partial charge in [-0.2, -0.15) is 0 Å². The van der Waals surface area contributed by atoms with E-state index in [1.165, 1.54) is 21.2 Å². The quantitative estimate of drug-likeness (QED) is 0.845. The molecule has 1 heterocycles. The standard InChI is InChI=1S/C18H20BrN/c1-18(2)17(10-13-6-4-3-5-7-13)16-11-15(19)9-8-14(16)12-20-18/h3-9,11,17,20H,10,12H2,1-2H3/t17-/m0/s1. The Morgan fingerprint density at radius 3 is 2.65 bits per heavy atom. The van der Waals surface area contributed by atoms with Crippen LogP contribution in [0.3, 0.4) is 0 Å². The van der Waals surface area contributed by atoms with Gasteiger partial charge in [0.15, 0.2) is 0 Å². The van der Waals surface area contributed by atoms with Crippen LogP contribution in [0.25, 0.3) is 0 Å². The van der Waals surface area contributed by atoms with Gasteiger partial charge in [-0.1, -0.05) is 52.3 Å². The molecule has 0 saturated heterocycles. The van der Waals surface area contributed by atoms with E-state index in [9.17, 15) is 0 Å². The van der Waals surface area contributed by atoms with Gasteiger partial charge >= 0.3 is 0 Å². The lowest BCUT2D eigenvalue weighted by molar-refractivity contribution is 0.292. The van der Waals surface area contributed by atoms with Gasteiger partial charge in [0.1, 0.15) is 0 Å². The first-order chi connectivity index (χ1) is 9.56. The summed E-state index contributed by atoms with van der Waals surface area (Å²) in [6.45, 7) is 5.58. The zero-order valence-corrected chi connectivity index (χ0v) is 13.6. The van der Waals surface area contributed by atoms with Crippen molar-refractivity contribution in [2.24, 2.45) is 0 Å². The van der Waals surface area contributed by atoms with Crippen LogP contribution in [0.4, 0.5) is 0 Å². The molecule has 0 unspecified atom stereocenters. The summed E-state index contributed by atoms with van der Waals surface area (Å²) in [5, 5.41) is 3.69. The number of benzene rings is 2. The molecule has 2 heteroatoms. The summed E-state index contributed by atoms with van der Waals surface area (Å²) < 4.78 is 1.17. The fourth-order valence-electron chi connectivity index (χ4n) is 3.10. The molecule has 0 fully saturated rings. The Morgan fingerprint density at radius 2 is 1.90 bits per heavy atom. The van der Waals surface area contributed by atoms with Crippen LogP contribution >= 0.6 is 15.9 Å². The molecule has 3 rings (SSSR count). The second-order valence-corrected chi connectivity index (χ2v) is 7.08. The summed E-state index contributed by atoms with van der Waals surface area (Å²) in [7, 11) is 0. The van der Waals surface area contributed by atoms with Crippen LogP contribution in [0.15, 0.2) is 53.0 Å². The Balaban J connectivity index is 2.01. The Kier molecular flexibility index (Phi) is 3.70. The fraction of sp³-hybridized carbons (Fsp3) is 0.333. The lowest BCUT2D eigenvalue weighted by Crippen LogP contribution is -2.48. The molecule has 0 radical (unpaired) electrons. The highest BCUT2D eigenvalue weighted by molar-refractivity contribution is 9.10. The number of halogens is 1. The molecule has 1 N–H and O–H groups in total. The van der Waals surface area contributed by atoms with Crippen LogP contribution in [0.1, 0.15) is 36.5 Å². The topological polar surface area (TPSA) is 12.0 Å². The van der Waals surface area contributed by atoms with Crippen LogP contribution in [0.5, 0.6) is 0 Å². The van der Waals surface area contributed by atoms with Crippen molar-refractivity contribution < 1.29 is 0 Å². The minimum absolute atomic E-state index is 0.115. The maximum Gasteiger partial charge on any atom is 0.0213 e. The molecule has 0 aliphatic carbocycles. The normalized spacial score (nSPS) is 20.4. The molecule has 0 spiro atoms. The third kappa shape index (κ3) is 2.68. The first-order valence-electron chi connectivity index (χ1n) is 7.13. The lowest BCUT2D eigenvalue weighted by Gasteiger charge is -2.41. The molecule has 1 aliphatic heterocycles. The van der Waals surface area contributed by atoms with Crippen LogP contribution in [-0.4, -0.2) is 5.54 Å². The maximum absolute atomic E-state index is 3.69. The number of rotatable bonds is 2. The SMILES string of the molecule is CC1(C)NCc2ccc(Br)cc2[C@@H]1Cc1ccccc1. The summed E-state index contributed by atoms with van der Waals surface area (Å²) in [5.74, 6) is 0.492. The van der Waals surface area contributed by atoms with Gasteiger partial charge in [-0.15, -0.1) is 0 Å². The minimum atomic E-state index is 0.115. The van der Waals surface area contributed by atoms with Gasteiger partial charge in [0.25, 0.3) is 0 Å². The van der Waals surface area contributed by atoms with E-state index in [4.69, 9.17) is 0 Å². The largest absolute Gasteiger partial charge is 0.307 e. The molecule has 0 saturated carbocycles. The van der Waals surface area contributed by atoms with Crippen molar-refractivity contribution in [3.63, 3.8) is 0 Å². The van der Waals surface area contributed by atoms with Crippen molar-refractivity contribution >= 4 is 15.9 Å². The fourth-order valence-corrected chi connectivity index (χ4v) is 3.48. The lowest BCUT2D eigenvalue weighted by atomic mass is 9.74. The molecule has 2 aromatic rings. The van der Waals surface area contributed by atoms with Crippen molar-refractivity contribution in [3.05, 3.63) is 69.7 Å². The highest BCUT2D eigenvalue weighted by Gasteiger charge is 2.35. The van der Waals surface area contributed by atoms with E-state index in [2.05, 4.69) is 83.6 Å². The van der Waals surface area contributed by atoms with E-state index >= 15 is 0 Å². The van der Waals surface area contributed by atoms with Crippen molar-refractivity contribution in [2.75, 3.05) is 0 Å². The molecule has 0 bridgehead atoms. The monoisotopic (exact) mass is 329 g/mol. The molecule has 2 aromatic carbocycles. The predicted molar refractivity (Wildman–Crippen MR) is 87.9 cm³/mol. The third-order valence-corrected chi connectivity index (χ3v) is 4.86. The average molecular weight is 330 g/mol. The Bertz CT molecular complexity index is 604. The van der Waals surface area contributed by atoms with E-state index in [0.717, 1.165) is 13.0 Å². The van der Waals surface area contributed by atoms with Crippen LogP contribution < -0.4 is 5.32 Å². The highest BCUT2D eigenvalue weighted by Crippen LogP contribution is 2.38. The first kappa shape index (κ1) is 13.8. The molecule has 1 aliphatic rings. The summed E-state index contributed by atoms with van der Waals surface area (Å²) >= 11 is 3.62. The zero-order chi connectivity index (χ0) is 14.2. The Morgan fingerprint density at radius 1 is 1.15 bits per heavy atom. The zero-order valence-electron chi connectivity index (χ0n) is 12.0. The van der Waals surface area contributed by atoms with E-state index in [1.807, 2.05) is 0 Å². The number of fused-ring (bicyclic) bond motifs is 1. The molecule has 1 atom stereocenters. The smallest absolute Gasteiger partial charge is 0.0213 e. The molecule has 0 amide bonds. The summed E-state index contributed by atoms with van der Waals surface area (Å²) in [4.78, 5) is 0. The van der Waals surface area contributed by atoms with Crippen LogP contribution in [0.2, 0.25) is 0 Å². The van der Waals surface area contributed by atoms with Crippen LogP contribution in [-0.2, 0) is 13.0 Å². The molecule has 20 heavy (non-hydrogen) atoms. The molecular weight excluding hydrogens is 310 g/mol. The van der Waals surface area contributed by atoms with Crippen molar-refractivity contribution in [3.8, 4) is 0 Å². The highest BCUT2D eigenvalue weighted by atomic mass is 79.9. The van der Waals surface area contributed by atoms with E-state index < -0.39 is 0 Å². The summed E-state index contributed by atoms with van der Waals surface area (Å²) in [6, 6.07) is 17.5. The number of hydrogen-bond acceptors (Lipinski definition) is 1. The summed E-state index contributed by atoms with van der Waals surface area (Å²) in [6.07, 6.45) is 1.07. The molecule has 104 valence electrons. The van der Waals surface area contributed by atoms with Gasteiger partial charge in [0.2, 0.25) is 0 Å². The van der Waals surface area contributed by atoms with Gasteiger partial charge in [-0.3, -0.25) is 0 Å². The predicted octanol–water partition coefficient (Wildman–Crippen LogP) is 4.66. The van der Waals surface area contributed by atoms with Crippen LogP contribution in [0, 0.1) is 0 Å². The van der Waals surface area contributed by atoms with E-state index in [0.29, 0.717) is 5.92 Å². The number of hydrogen-bond donors (Lipinski definition) is 1. The first-order valence-corrected chi connectivity index (χ1v) is 7.93. The third-order valence-electron chi connectivity index (χ3n) is 4.37. The van der Waals surface area contributed by atoms with Gasteiger partial charge in [-0.05, 0) is 49.1 Å². The van der Waals surface area contributed by atoms with E-state index in [-0.39, 0.29) is 5.54 Å². The minimum Gasteiger partial charge on any atom is -0.307 e. The average Bonchev–Trinajstić information content (AvgIpc) is 2.43. The molecular formula is C18H20BrN. The van der Waals surface area contributed by atoms with E-state index in [1.54, 1.807) is 0 Å². The van der Waals surface area contributed by atoms with Crippen molar-refractivity contribution in [2.45, 2.75) is 38.3 Å². The number of nitrogens with one attached hydrogen (secondary N) is 1. The van der Waals surface area contributed by atoms with Gasteiger partial charge < -0.3 is 5.32 Å². The maximum atomic E-state index is 3.69.